The Morgan fingerprint density at radius 3 is 2.60 bits per heavy atom. The van der Waals surface area contributed by atoms with Crippen molar-refractivity contribution in [3.8, 4) is 11.3 Å². The predicted molar refractivity (Wildman–Crippen MR) is 104 cm³/mol. The standard InChI is InChI=1S/C21H21ClN2O/c22-17-7-10-19-16(12-17)13-20(24-19)15-5-8-18(9-6-15)23-21(25)11-14-3-1-2-4-14/h5-10,12-14,24H,1-4,11H2,(H,23,25). The third-order valence-corrected chi connectivity index (χ3v) is 5.25. The van der Waals surface area contributed by atoms with E-state index in [-0.39, 0.29) is 5.91 Å². The van der Waals surface area contributed by atoms with Gasteiger partial charge in [-0.1, -0.05) is 36.6 Å². The third kappa shape index (κ3) is 3.72. The normalized spacial score (nSPS) is 14.9. The molecule has 0 atom stereocenters. The number of benzene rings is 2. The fourth-order valence-corrected chi connectivity index (χ4v) is 3.86. The Morgan fingerprint density at radius 1 is 1.08 bits per heavy atom. The number of rotatable bonds is 4. The summed E-state index contributed by atoms with van der Waals surface area (Å²) in [5.41, 5.74) is 4.04. The van der Waals surface area contributed by atoms with Crippen molar-refractivity contribution in [1.82, 2.24) is 4.98 Å². The highest BCUT2D eigenvalue weighted by Gasteiger charge is 2.18. The fraction of sp³-hybridized carbons (Fsp3) is 0.286. The molecule has 3 nitrogen and oxygen atoms in total. The minimum atomic E-state index is 0.125. The molecule has 1 amide bonds. The van der Waals surface area contributed by atoms with Crippen LogP contribution in [-0.4, -0.2) is 10.9 Å². The molecule has 1 aliphatic carbocycles. The van der Waals surface area contributed by atoms with Crippen LogP contribution in [0.2, 0.25) is 5.02 Å². The molecule has 1 aliphatic rings. The molecule has 1 aromatic heterocycles. The zero-order chi connectivity index (χ0) is 17.2. The SMILES string of the molecule is O=C(CC1CCCC1)Nc1ccc(-c2cc3cc(Cl)ccc3[nH]2)cc1. The first-order chi connectivity index (χ1) is 12.2. The molecule has 0 bridgehead atoms. The minimum absolute atomic E-state index is 0.125. The summed E-state index contributed by atoms with van der Waals surface area (Å²) in [4.78, 5) is 15.5. The predicted octanol–water partition coefficient (Wildman–Crippen LogP) is 6.01. The maximum absolute atomic E-state index is 12.1. The second-order valence-electron chi connectivity index (χ2n) is 6.89. The van der Waals surface area contributed by atoms with Gasteiger partial charge in [-0.05, 0) is 60.7 Å². The third-order valence-electron chi connectivity index (χ3n) is 5.01. The molecule has 25 heavy (non-hydrogen) atoms. The lowest BCUT2D eigenvalue weighted by Gasteiger charge is -2.10. The summed E-state index contributed by atoms with van der Waals surface area (Å²) in [5.74, 6) is 0.692. The van der Waals surface area contributed by atoms with Crippen LogP contribution in [0, 0.1) is 5.92 Å². The molecule has 128 valence electrons. The monoisotopic (exact) mass is 352 g/mol. The lowest BCUT2D eigenvalue weighted by molar-refractivity contribution is -0.117. The summed E-state index contributed by atoms with van der Waals surface area (Å²) in [6.45, 7) is 0. The number of aromatic nitrogens is 1. The van der Waals surface area contributed by atoms with Gasteiger partial charge in [-0.15, -0.1) is 0 Å². The number of aromatic amines is 1. The molecule has 4 rings (SSSR count). The number of hydrogen-bond donors (Lipinski definition) is 2. The van der Waals surface area contributed by atoms with Gasteiger partial charge in [0.15, 0.2) is 0 Å². The Hall–Kier alpha value is -2.26. The maximum Gasteiger partial charge on any atom is 0.224 e. The molecule has 1 saturated carbocycles. The molecule has 4 heteroatoms. The van der Waals surface area contributed by atoms with Crippen LogP contribution in [0.3, 0.4) is 0 Å². The largest absolute Gasteiger partial charge is 0.355 e. The van der Waals surface area contributed by atoms with E-state index in [1.165, 1.54) is 25.7 Å². The zero-order valence-corrected chi connectivity index (χ0v) is 14.8. The van der Waals surface area contributed by atoms with Crippen LogP contribution in [0.15, 0.2) is 48.5 Å². The number of carbonyl (C=O) groups is 1. The number of halogens is 1. The van der Waals surface area contributed by atoms with E-state index in [9.17, 15) is 4.79 Å². The smallest absolute Gasteiger partial charge is 0.224 e. The average molecular weight is 353 g/mol. The van der Waals surface area contributed by atoms with Gasteiger partial charge in [0.05, 0.1) is 0 Å². The van der Waals surface area contributed by atoms with E-state index in [2.05, 4.69) is 16.4 Å². The van der Waals surface area contributed by atoms with Gasteiger partial charge >= 0.3 is 0 Å². The van der Waals surface area contributed by atoms with Gasteiger partial charge in [0, 0.05) is 33.7 Å². The summed E-state index contributed by atoms with van der Waals surface area (Å²) in [5, 5.41) is 4.84. The van der Waals surface area contributed by atoms with Crippen LogP contribution in [0.25, 0.3) is 22.2 Å². The molecule has 1 heterocycles. The lowest BCUT2D eigenvalue weighted by Crippen LogP contribution is -2.14. The van der Waals surface area contributed by atoms with Crippen molar-refractivity contribution in [3.63, 3.8) is 0 Å². The number of anilines is 1. The highest BCUT2D eigenvalue weighted by molar-refractivity contribution is 6.31. The quantitative estimate of drug-likeness (QED) is 0.593. The summed E-state index contributed by atoms with van der Waals surface area (Å²) < 4.78 is 0. The highest BCUT2D eigenvalue weighted by atomic mass is 35.5. The number of nitrogens with one attached hydrogen (secondary N) is 2. The molecule has 2 N–H and O–H groups in total. The van der Waals surface area contributed by atoms with E-state index in [1.54, 1.807) is 0 Å². The first-order valence-electron chi connectivity index (χ1n) is 8.86. The van der Waals surface area contributed by atoms with Crippen molar-refractivity contribution < 1.29 is 4.79 Å². The molecule has 0 radical (unpaired) electrons. The zero-order valence-electron chi connectivity index (χ0n) is 14.0. The Morgan fingerprint density at radius 2 is 1.84 bits per heavy atom. The molecule has 1 fully saturated rings. The van der Waals surface area contributed by atoms with Crippen molar-refractivity contribution in [1.29, 1.82) is 0 Å². The van der Waals surface area contributed by atoms with Crippen LogP contribution in [0.4, 0.5) is 5.69 Å². The van der Waals surface area contributed by atoms with Gasteiger partial charge in [0.1, 0.15) is 0 Å². The molecular weight excluding hydrogens is 332 g/mol. The Labute approximate surface area is 152 Å². The fourth-order valence-electron chi connectivity index (χ4n) is 3.68. The lowest BCUT2D eigenvalue weighted by atomic mass is 10.0. The molecule has 0 unspecified atom stereocenters. The van der Waals surface area contributed by atoms with E-state index in [0.717, 1.165) is 32.9 Å². The molecule has 0 aliphatic heterocycles. The second-order valence-corrected chi connectivity index (χ2v) is 7.33. The van der Waals surface area contributed by atoms with Crippen LogP contribution in [0.5, 0.6) is 0 Å². The molecule has 2 aromatic carbocycles. The summed E-state index contributed by atoms with van der Waals surface area (Å²) in [6, 6.07) is 15.9. The topological polar surface area (TPSA) is 44.9 Å². The van der Waals surface area contributed by atoms with Crippen molar-refractivity contribution in [2.75, 3.05) is 5.32 Å². The van der Waals surface area contributed by atoms with Gasteiger partial charge in [0.25, 0.3) is 0 Å². The van der Waals surface area contributed by atoms with E-state index < -0.39 is 0 Å². The minimum Gasteiger partial charge on any atom is -0.355 e. The first kappa shape index (κ1) is 16.2. The average Bonchev–Trinajstić information content (AvgIpc) is 3.24. The van der Waals surface area contributed by atoms with Gasteiger partial charge in [-0.2, -0.15) is 0 Å². The number of hydrogen-bond acceptors (Lipinski definition) is 1. The molecular formula is C21H21ClN2O. The van der Waals surface area contributed by atoms with Gasteiger partial charge in [-0.3, -0.25) is 4.79 Å². The Bertz CT molecular complexity index is 892. The molecule has 0 spiro atoms. The molecule has 3 aromatic rings. The van der Waals surface area contributed by atoms with Crippen LogP contribution in [-0.2, 0) is 4.79 Å². The van der Waals surface area contributed by atoms with Crippen molar-refractivity contribution in [2.24, 2.45) is 5.92 Å². The summed E-state index contributed by atoms with van der Waals surface area (Å²) in [6.07, 6.45) is 5.56. The maximum atomic E-state index is 12.1. The van der Waals surface area contributed by atoms with Crippen molar-refractivity contribution in [2.45, 2.75) is 32.1 Å². The van der Waals surface area contributed by atoms with E-state index in [4.69, 9.17) is 11.6 Å². The van der Waals surface area contributed by atoms with Crippen molar-refractivity contribution in [3.05, 3.63) is 53.6 Å². The summed E-state index contributed by atoms with van der Waals surface area (Å²) in [7, 11) is 0. The Kier molecular flexibility index (Phi) is 4.50. The van der Waals surface area contributed by atoms with Gasteiger partial charge < -0.3 is 10.3 Å². The first-order valence-corrected chi connectivity index (χ1v) is 9.24. The number of carbonyl (C=O) groups excluding carboxylic acids is 1. The van der Waals surface area contributed by atoms with Crippen LogP contribution < -0.4 is 5.32 Å². The highest BCUT2D eigenvalue weighted by Crippen LogP contribution is 2.29. The number of fused-ring (bicyclic) bond motifs is 1. The van der Waals surface area contributed by atoms with E-state index >= 15 is 0 Å². The Balaban J connectivity index is 1.46. The van der Waals surface area contributed by atoms with E-state index in [1.807, 2.05) is 42.5 Å². The van der Waals surface area contributed by atoms with Crippen molar-refractivity contribution >= 4 is 34.1 Å². The van der Waals surface area contributed by atoms with Crippen LogP contribution >= 0.6 is 11.6 Å². The molecule has 0 saturated heterocycles. The van der Waals surface area contributed by atoms with Crippen LogP contribution in [0.1, 0.15) is 32.1 Å². The summed E-state index contributed by atoms with van der Waals surface area (Å²) >= 11 is 6.05. The number of H-pyrrole nitrogens is 1. The van der Waals surface area contributed by atoms with E-state index in [0.29, 0.717) is 12.3 Å². The number of amides is 1. The second kappa shape index (κ2) is 6.93. The van der Waals surface area contributed by atoms with Gasteiger partial charge in [-0.25, -0.2) is 0 Å². The van der Waals surface area contributed by atoms with Gasteiger partial charge in [0.2, 0.25) is 5.91 Å².